The lowest BCUT2D eigenvalue weighted by Gasteiger charge is -2.04. The number of para-hydroxylation sites is 2. The molecule has 0 unspecified atom stereocenters. The summed E-state index contributed by atoms with van der Waals surface area (Å²) in [5, 5.41) is 3.39. The molecule has 1 heterocycles. The van der Waals surface area contributed by atoms with Gasteiger partial charge in [-0.25, -0.2) is 0 Å². The maximum Gasteiger partial charge on any atom is 0.296 e. The highest BCUT2D eigenvalue weighted by Gasteiger charge is 2.22. The first-order valence-electron chi connectivity index (χ1n) is 6.65. The first-order valence-corrected chi connectivity index (χ1v) is 6.65. The Kier molecular flexibility index (Phi) is 3.28. The van der Waals surface area contributed by atoms with Crippen LogP contribution in [0.5, 0.6) is 0 Å². The molecule has 3 aromatic rings. The molecular weight excluding hydrogens is 264 g/mol. The fourth-order valence-electron chi connectivity index (χ4n) is 2.39. The number of carbonyl (C=O) groups is 2. The number of hydrogen-bond acceptors (Lipinski definition) is 2. The Balaban J connectivity index is 1.93. The van der Waals surface area contributed by atoms with Gasteiger partial charge in [-0.05, 0) is 25.1 Å². The van der Waals surface area contributed by atoms with Gasteiger partial charge in [0.25, 0.3) is 11.7 Å². The molecule has 2 aromatic carbocycles. The van der Waals surface area contributed by atoms with E-state index in [2.05, 4.69) is 10.3 Å². The highest BCUT2D eigenvalue weighted by Crippen LogP contribution is 2.22. The van der Waals surface area contributed by atoms with Crippen LogP contribution in [-0.2, 0) is 4.79 Å². The van der Waals surface area contributed by atoms with Crippen molar-refractivity contribution in [3.8, 4) is 0 Å². The Morgan fingerprint density at radius 2 is 1.62 bits per heavy atom. The van der Waals surface area contributed by atoms with Crippen molar-refractivity contribution in [2.75, 3.05) is 5.32 Å². The van der Waals surface area contributed by atoms with Crippen LogP contribution in [0.3, 0.4) is 0 Å². The van der Waals surface area contributed by atoms with Gasteiger partial charge >= 0.3 is 0 Å². The summed E-state index contributed by atoms with van der Waals surface area (Å²) in [6, 6.07) is 16.4. The van der Waals surface area contributed by atoms with Gasteiger partial charge in [0.2, 0.25) is 0 Å². The number of rotatable bonds is 3. The number of aryl methyl sites for hydroxylation is 1. The van der Waals surface area contributed by atoms with Crippen molar-refractivity contribution in [2.45, 2.75) is 6.92 Å². The minimum absolute atomic E-state index is 0.430. The van der Waals surface area contributed by atoms with Crippen LogP contribution in [-0.4, -0.2) is 16.7 Å². The third kappa shape index (κ3) is 2.43. The highest BCUT2D eigenvalue weighted by atomic mass is 16.2. The zero-order chi connectivity index (χ0) is 14.8. The summed E-state index contributed by atoms with van der Waals surface area (Å²) in [7, 11) is 0. The fourth-order valence-corrected chi connectivity index (χ4v) is 2.39. The normalized spacial score (nSPS) is 10.5. The lowest BCUT2D eigenvalue weighted by Crippen LogP contribution is -2.23. The number of benzene rings is 2. The largest absolute Gasteiger partial charge is 0.358 e. The number of carbonyl (C=O) groups excluding carboxylic acids is 2. The number of aromatic amines is 1. The molecule has 0 aliphatic carbocycles. The first-order chi connectivity index (χ1) is 10.2. The van der Waals surface area contributed by atoms with Crippen molar-refractivity contribution >= 4 is 28.3 Å². The number of H-pyrrole nitrogens is 1. The van der Waals surface area contributed by atoms with Gasteiger partial charge in [-0.2, -0.15) is 0 Å². The second kappa shape index (κ2) is 5.25. The van der Waals surface area contributed by atoms with Crippen molar-refractivity contribution in [3.63, 3.8) is 0 Å². The molecule has 4 nitrogen and oxygen atoms in total. The average molecular weight is 278 g/mol. The summed E-state index contributed by atoms with van der Waals surface area (Å²) in [6.07, 6.45) is 0. The van der Waals surface area contributed by atoms with E-state index >= 15 is 0 Å². The van der Waals surface area contributed by atoms with Crippen molar-refractivity contribution < 1.29 is 9.59 Å². The SMILES string of the molecule is Cc1[nH]c2ccccc2c1C(=O)C(=O)Nc1ccccc1. The minimum Gasteiger partial charge on any atom is -0.358 e. The quantitative estimate of drug-likeness (QED) is 0.570. The van der Waals surface area contributed by atoms with E-state index in [1.165, 1.54) is 0 Å². The molecule has 1 aromatic heterocycles. The van der Waals surface area contributed by atoms with E-state index in [1.807, 2.05) is 30.3 Å². The summed E-state index contributed by atoms with van der Waals surface area (Å²) >= 11 is 0. The smallest absolute Gasteiger partial charge is 0.296 e. The van der Waals surface area contributed by atoms with E-state index in [4.69, 9.17) is 0 Å². The molecule has 4 heteroatoms. The number of fused-ring (bicyclic) bond motifs is 1. The monoisotopic (exact) mass is 278 g/mol. The first kappa shape index (κ1) is 13.1. The van der Waals surface area contributed by atoms with E-state index in [0.29, 0.717) is 16.9 Å². The summed E-state index contributed by atoms with van der Waals surface area (Å²) in [4.78, 5) is 27.7. The van der Waals surface area contributed by atoms with Gasteiger partial charge in [0.05, 0.1) is 5.56 Å². The Labute approximate surface area is 121 Å². The van der Waals surface area contributed by atoms with Gasteiger partial charge in [0.15, 0.2) is 0 Å². The molecule has 0 saturated carbocycles. The van der Waals surface area contributed by atoms with Gasteiger partial charge in [-0.15, -0.1) is 0 Å². The molecule has 104 valence electrons. The Bertz CT molecular complexity index is 819. The van der Waals surface area contributed by atoms with Crippen LogP contribution in [0.15, 0.2) is 54.6 Å². The molecule has 0 aliphatic rings. The highest BCUT2D eigenvalue weighted by molar-refractivity contribution is 6.48. The number of aromatic nitrogens is 1. The summed E-state index contributed by atoms with van der Waals surface area (Å²) < 4.78 is 0. The minimum atomic E-state index is -0.631. The lowest BCUT2D eigenvalue weighted by molar-refractivity contribution is -0.112. The molecular formula is C17H14N2O2. The third-order valence-electron chi connectivity index (χ3n) is 3.36. The average Bonchev–Trinajstić information content (AvgIpc) is 2.83. The Hall–Kier alpha value is -2.88. The predicted octanol–water partition coefficient (Wildman–Crippen LogP) is 3.30. The molecule has 0 spiro atoms. The van der Waals surface area contributed by atoms with Crippen LogP contribution in [0.2, 0.25) is 0 Å². The van der Waals surface area contributed by atoms with Crippen molar-refractivity contribution in [3.05, 3.63) is 65.9 Å². The molecule has 0 radical (unpaired) electrons. The fraction of sp³-hybridized carbons (Fsp3) is 0.0588. The molecule has 0 fully saturated rings. The van der Waals surface area contributed by atoms with Crippen molar-refractivity contribution in [1.29, 1.82) is 0 Å². The molecule has 2 N–H and O–H groups in total. The van der Waals surface area contributed by atoms with Gasteiger partial charge in [-0.1, -0.05) is 36.4 Å². The predicted molar refractivity (Wildman–Crippen MR) is 82.4 cm³/mol. The number of anilines is 1. The van der Waals surface area contributed by atoms with Crippen molar-refractivity contribution in [1.82, 2.24) is 4.98 Å². The number of hydrogen-bond donors (Lipinski definition) is 2. The topological polar surface area (TPSA) is 62.0 Å². The maximum atomic E-state index is 12.4. The van der Waals surface area contributed by atoms with E-state index in [0.717, 1.165) is 10.9 Å². The second-order valence-electron chi connectivity index (χ2n) is 4.82. The third-order valence-corrected chi connectivity index (χ3v) is 3.36. The van der Waals surface area contributed by atoms with Crippen LogP contribution >= 0.6 is 0 Å². The molecule has 0 aliphatic heterocycles. The maximum absolute atomic E-state index is 12.4. The van der Waals surface area contributed by atoms with Crippen LogP contribution < -0.4 is 5.32 Å². The van der Waals surface area contributed by atoms with Crippen LogP contribution in [0, 0.1) is 6.92 Å². The molecule has 21 heavy (non-hydrogen) atoms. The van der Waals surface area contributed by atoms with E-state index in [1.54, 1.807) is 31.2 Å². The van der Waals surface area contributed by atoms with Crippen LogP contribution in [0.1, 0.15) is 16.1 Å². The van der Waals surface area contributed by atoms with Crippen molar-refractivity contribution in [2.24, 2.45) is 0 Å². The van der Waals surface area contributed by atoms with Crippen LogP contribution in [0.4, 0.5) is 5.69 Å². The second-order valence-corrected chi connectivity index (χ2v) is 4.82. The Morgan fingerprint density at radius 1 is 0.952 bits per heavy atom. The number of Topliss-reactive ketones (excluding diaryl/α,β-unsaturated/α-hetero) is 1. The molecule has 0 bridgehead atoms. The van der Waals surface area contributed by atoms with E-state index in [9.17, 15) is 9.59 Å². The zero-order valence-electron chi connectivity index (χ0n) is 11.5. The van der Waals surface area contributed by atoms with Gasteiger partial charge in [0.1, 0.15) is 0 Å². The summed E-state index contributed by atoms with van der Waals surface area (Å²) in [6.45, 7) is 1.79. The zero-order valence-corrected chi connectivity index (χ0v) is 11.5. The van der Waals surface area contributed by atoms with E-state index < -0.39 is 11.7 Å². The van der Waals surface area contributed by atoms with Crippen LogP contribution in [0.25, 0.3) is 10.9 Å². The summed E-state index contributed by atoms with van der Waals surface area (Å²) in [5.74, 6) is -1.16. The van der Waals surface area contributed by atoms with E-state index in [-0.39, 0.29) is 0 Å². The standard InChI is InChI=1S/C17H14N2O2/c1-11-15(13-9-5-6-10-14(13)18-11)16(20)17(21)19-12-7-3-2-4-8-12/h2-10,18H,1H3,(H,19,21). The number of amides is 1. The van der Waals surface area contributed by atoms with Gasteiger partial charge in [-0.3, -0.25) is 9.59 Å². The molecule has 0 atom stereocenters. The Morgan fingerprint density at radius 3 is 2.38 bits per heavy atom. The molecule has 0 saturated heterocycles. The molecule has 3 rings (SSSR count). The van der Waals surface area contributed by atoms with Gasteiger partial charge < -0.3 is 10.3 Å². The van der Waals surface area contributed by atoms with Gasteiger partial charge in [0, 0.05) is 22.3 Å². The lowest BCUT2D eigenvalue weighted by atomic mass is 10.1. The molecule has 1 amide bonds. The number of nitrogens with one attached hydrogen (secondary N) is 2. The summed E-state index contributed by atoms with van der Waals surface area (Å²) in [5.41, 5.74) is 2.59. The number of ketones is 1.